The third-order valence-electron chi connectivity index (χ3n) is 4.73. The molecule has 3 rings (SSSR count). The van der Waals surface area contributed by atoms with Gasteiger partial charge in [0, 0.05) is 18.3 Å². The summed E-state index contributed by atoms with van der Waals surface area (Å²) < 4.78 is 2.43. The molecule has 0 aromatic carbocycles. The largest absolute Gasteiger partial charge is 0.334 e. The van der Waals surface area contributed by atoms with Gasteiger partial charge in [0.25, 0.3) is 0 Å². The van der Waals surface area contributed by atoms with Crippen LogP contribution in [0, 0.1) is 0 Å². The highest BCUT2D eigenvalue weighted by Gasteiger charge is 2.20. The molecule has 1 aliphatic heterocycles. The standard InChI is InChI=1S/C15H25N3/c1-17-10-5-4-6-13(17)9-11-18-12-16-14-7-2-3-8-15(14)18/h12-13H,2-11H2,1H3. The first-order chi connectivity index (χ1) is 8.84. The molecule has 2 heterocycles. The smallest absolute Gasteiger partial charge is 0.0951 e. The number of hydrogen-bond donors (Lipinski definition) is 0. The highest BCUT2D eigenvalue weighted by molar-refractivity contribution is 5.16. The zero-order valence-electron chi connectivity index (χ0n) is 11.6. The minimum Gasteiger partial charge on any atom is -0.334 e. The first-order valence-corrected chi connectivity index (χ1v) is 7.58. The van der Waals surface area contributed by atoms with E-state index in [0.717, 1.165) is 12.6 Å². The fraction of sp³-hybridized carbons (Fsp3) is 0.800. The lowest BCUT2D eigenvalue weighted by Gasteiger charge is -2.32. The van der Waals surface area contributed by atoms with Crippen LogP contribution in [-0.2, 0) is 19.4 Å². The fourth-order valence-corrected chi connectivity index (χ4v) is 3.52. The molecular weight excluding hydrogens is 222 g/mol. The summed E-state index contributed by atoms with van der Waals surface area (Å²) in [5.41, 5.74) is 2.90. The Bertz CT molecular complexity index is 396. The Balaban J connectivity index is 1.61. The van der Waals surface area contributed by atoms with Gasteiger partial charge in [-0.15, -0.1) is 0 Å². The van der Waals surface area contributed by atoms with Gasteiger partial charge in [0.2, 0.25) is 0 Å². The van der Waals surface area contributed by atoms with E-state index >= 15 is 0 Å². The van der Waals surface area contributed by atoms with Crippen LogP contribution in [0.25, 0.3) is 0 Å². The zero-order valence-corrected chi connectivity index (χ0v) is 11.6. The number of imidazole rings is 1. The monoisotopic (exact) mass is 247 g/mol. The van der Waals surface area contributed by atoms with Gasteiger partial charge in [-0.25, -0.2) is 4.98 Å². The Morgan fingerprint density at radius 3 is 3.00 bits per heavy atom. The maximum atomic E-state index is 4.59. The number of aryl methyl sites for hydroxylation is 2. The van der Waals surface area contributed by atoms with Crippen molar-refractivity contribution in [3.8, 4) is 0 Å². The van der Waals surface area contributed by atoms with Crippen molar-refractivity contribution in [2.24, 2.45) is 0 Å². The molecule has 2 aliphatic rings. The van der Waals surface area contributed by atoms with Crippen LogP contribution in [-0.4, -0.2) is 34.1 Å². The van der Waals surface area contributed by atoms with E-state index in [9.17, 15) is 0 Å². The Morgan fingerprint density at radius 2 is 2.11 bits per heavy atom. The molecule has 0 radical (unpaired) electrons. The molecule has 0 N–H and O–H groups in total. The lowest BCUT2D eigenvalue weighted by atomic mass is 9.99. The Morgan fingerprint density at radius 1 is 1.22 bits per heavy atom. The van der Waals surface area contributed by atoms with Gasteiger partial charge < -0.3 is 9.47 Å². The van der Waals surface area contributed by atoms with Gasteiger partial charge in [-0.05, 0) is 58.5 Å². The second-order valence-corrected chi connectivity index (χ2v) is 5.96. The van der Waals surface area contributed by atoms with E-state index < -0.39 is 0 Å². The third kappa shape index (κ3) is 2.46. The summed E-state index contributed by atoms with van der Waals surface area (Å²) in [7, 11) is 2.28. The van der Waals surface area contributed by atoms with Crippen LogP contribution in [0.2, 0.25) is 0 Å². The summed E-state index contributed by atoms with van der Waals surface area (Å²) >= 11 is 0. The minimum absolute atomic E-state index is 0.792. The summed E-state index contributed by atoms with van der Waals surface area (Å²) in [5, 5.41) is 0. The molecule has 0 amide bonds. The van der Waals surface area contributed by atoms with E-state index in [1.54, 1.807) is 0 Å². The van der Waals surface area contributed by atoms with E-state index in [4.69, 9.17) is 0 Å². The Hall–Kier alpha value is -0.830. The average molecular weight is 247 g/mol. The predicted octanol–water partition coefficient (Wildman–Crippen LogP) is 2.64. The molecule has 0 spiro atoms. The zero-order chi connectivity index (χ0) is 12.4. The van der Waals surface area contributed by atoms with Crippen LogP contribution in [0.3, 0.4) is 0 Å². The third-order valence-corrected chi connectivity index (χ3v) is 4.73. The van der Waals surface area contributed by atoms with Crippen molar-refractivity contribution in [2.45, 2.75) is 64.0 Å². The van der Waals surface area contributed by atoms with Gasteiger partial charge in [0.1, 0.15) is 0 Å². The first-order valence-electron chi connectivity index (χ1n) is 7.58. The Labute approximate surface area is 110 Å². The summed E-state index contributed by atoms with van der Waals surface area (Å²) in [6.45, 7) is 2.45. The van der Waals surface area contributed by atoms with Crippen molar-refractivity contribution in [1.29, 1.82) is 0 Å². The molecule has 0 saturated carbocycles. The van der Waals surface area contributed by atoms with E-state index in [1.165, 1.54) is 69.3 Å². The number of aromatic nitrogens is 2. The lowest BCUT2D eigenvalue weighted by molar-refractivity contribution is 0.170. The summed E-state index contributed by atoms with van der Waals surface area (Å²) in [4.78, 5) is 7.14. The van der Waals surface area contributed by atoms with Gasteiger partial charge in [0.05, 0.1) is 12.0 Å². The quantitative estimate of drug-likeness (QED) is 0.818. The van der Waals surface area contributed by atoms with Crippen LogP contribution in [0.4, 0.5) is 0 Å². The van der Waals surface area contributed by atoms with Gasteiger partial charge in [-0.1, -0.05) is 6.42 Å². The molecule has 18 heavy (non-hydrogen) atoms. The molecule has 1 aromatic heterocycles. The van der Waals surface area contributed by atoms with Crippen molar-refractivity contribution >= 4 is 0 Å². The van der Waals surface area contributed by atoms with Crippen molar-refractivity contribution in [1.82, 2.24) is 14.5 Å². The molecule has 0 bridgehead atoms. The molecule has 1 aromatic rings. The minimum atomic E-state index is 0.792. The van der Waals surface area contributed by atoms with Crippen molar-refractivity contribution in [2.75, 3.05) is 13.6 Å². The summed E-state index contributed by atoms with van der Waals surface area (Å²) in [5.74, 6) is 0. The van der Waals surface area contributed by atoms with Crippen LogP contribution in [0.15, 0.2) is 6.33 Å². The van der Waals surface area contributed by atoms with E-state index in [1.807, 2.05) is 0 Å². The molecule has 100 valence electrons. The van der Waals surface area contributed by atoms with Crippen molar-refractivity contribution in [3.05, 3.63) is 17.7 Å². The average Bonchev–Trinajstić information content (AvgIpc) is 2.81. The molecule has 1 aliphatic carbocycles. The molecular formula is C15H25N3. The molecule has 3 nitrogen and oxygen atoms in total. The topological polar surface area (TPSA) is 21.1 Å². The van der Waals surface area contributed by atoms with Crippen molar-refractivity contribution < 1.29 is 0 Å². The van der Waals surface area contributed by atoms with Crippen LogP contribution >= 0.6 is 0 Å². The number of rotatable bonds is 3. The van der Waals surface area contributed by atoms with Crippen LogP contribution in [0.5, 0.6) is 0 Å². The number of fused-ring (bicyclic) bond motifs is 1. The van der Waals surface area contributed by atoms with Crippen LogP contribution < -0.4 is 0 Å². The SMILES string of the molecule is CN1CCCCC1CCn1cnc2c1CCCC2. The fourth-order valence-electron chi connectivity index (χ4n) is 3.52. The highest BCUT2D eigenvalue weighted by atomic mass is 15.1. The number of piperidine rings is 1. The second kappa shape index (κ2) is 5.43. The number of likely N-dealkylation sites (tertiary alicyclic amines) is 1. The van der Waals surface area contributed by atoms with E-state index in [2.05, 4.69) is 27.8 Å². The maximum absolute atomic E-state index is 4.59. The molecule has 1 saturated heterocycles. The molecule has 3 heteroatoms. The van der Waals surface area contributed by atoms with Gasteiger partial charge in [-0.2, -0.15) is 0 Å². The van der Waals surface area contributed by atoms with Gasteiger partial charge in [-0.3, -0.25) is 0 Å². The summed E-state index contributed by atoms with van der Waals surface area (Å²) in [6, 6.07) is 0.792. The maximum Gasteiger partial charge on any atom is 0.0951 e. The first kappa shape index (κ1) is 12.2. The predicted molar refractivity (Wildman–Crippen MR) is 73.8 cm³/mol. The molecule has 1 unspecified atom stereocenters. The van der Waals surface area contributed by atoms with Gasteiger partial charge >= 0.3 is 0 Å². The van der Waals surface area contributed by atoms with Gasteiger partial charge in [0.15, 0.2) is 0 Å². The number of nitrogens with zero attached hydrogens (tertiary/aromatic N) is 3. The van der Waals surface area contributed by atoms with E-state index in [0.29, 0.717) is 0 Å². The van der Waals surface area contributed by atoms with Crippen molar-refractivity contribution in [3.63, 3.8) is 0 Å². The van der Waals surface area contributed by atoms with Crippen LogP contribution in [0.1, 0.15) is 49.9 Å². The Kier molecular flexibility index (Phi) is 3.69. The normalized spacial score (nSPS) is 25.1. The second-order valence-electron chi connectivity index (χ2n) is 5.96. The summed E-state index contributed by atoms with van der Waals surface area (Å²) in [6.07, 6.45) is 12.7. The molecule has 1 fully saturated rings. The van der Waals surface area contributed by atoms with E-state index in [-0.39, 0.29) is 0 Å². The molecule has 1 atom stereocenters. The highest BCUT2D eigenvalue weighted by Crippen LogP contribution is 2.22. The lowest BCUT2D eigenvalue weighted by Crippen LogP contribution is -2.36. The number of hydrogen-bond acceptors (Lipinski definition) is 2.